The van der Waals surface area contributed by atoms with Crippen molar-refractivity contribution in [2.24, 2.45) is 11.8 Å². The monoisotopic (exact) mass is 978 g/mol. The quantitative estimate of drug-likeness (QED) is 0.0994. The van der Waals surface area contributed by atoms with Crippen LogP contribution in [0.15, 0.2) is 0 Å². The van der Waals surface area contributed by atoms with Crippen molar-refractivity contribution in [2.45, 2.75) is 178 Å². The number of unbranched alkanes of at least 4 members (excludes halogenated alkanes) is 1. The van der Waals surface area contributed by atoms with Gasteiger partial charge in [-0.2, -0.15) is 9.37 Å². The lowest BCUT2D eigenvalue weighted by molar-refractivity contribution is -0.494. The summed E-state index contributed by atoms with van der Waals surface area (Å²) in [5.74, 6) is 2.15. The lowest BCUT2D eigenvalue weighted by Crippen LogP contribution is -2.56. The number of rotatable bonds is 14. The van der Waals surface area contributed by atoms with Crippen LogP contribution in [0.4, 0.5) is 0 Å². The first-order valence-electron chi connectivity index (χ1n) is 27.3. The minimum Gasteiger partial charge on any atom is -0.356 e. The van der Waals surface area contributed by atoms with Gasteiger partial charge in [0.2, 0.25) is 29.5 Å². The number of carbonyl (C=O) groups is 5. The Bertz CT molecular complexity index is 1400. The third-order valence-electron chi connectivity index (χ3n) is 13.3. The molecule has 7 heterocycles. The van der Waals surface area contributed by atoms with Crippen LogP contribution >= 0.6 is 0 Å². The molecule has 2 atom stereocenters. The highest BCUT2D eigenvalue weighted by Gasteiger charge is 2.34. The summed E-state index contributed by atoms with van der Waals surface area (Å²) >= 11 is 0. The van der Waals surface area contributed by atoms with E-state index < -0.39 is 0 Å². The van der Waals surface area contributed by atoms with Crippen molar-refractivity contribution in [3.63, 3.8) is 0 Å². The highest BCUT2D eigenvalue weighted by atomic mass is 16.2. The van der Waals surface area contributed by atoms with Gasteiger partial charge in [0.15, 0.2) is 6.54 Å². The van der Waals surface area contributed by atoms with Crippen molar-refractivity contribution >= 4 is 35.6 Å². The molecule has 0 spiro atoms. The third kappa shape index (κ3) is 36.2. The summed E-state index contributed by atoms with van der Waals surface area (Å²) in [6, 6.07) is 1.14. The Labute approximate surface area is 421 Å². The third-order valence-corrected chi connectivity index (χ3v) is 13.3. The van der Waals surface area contributed by atoms with E-state index in [1.807, 2.05) is 4.90 Å². The summed E-state index contributed by atoms with van der Waals surface area (Å²) in [6.07, 6.45) is 20.5. The number of piperidine rings is 5. The Morgan fingerprint density at radius 2 is 1.10 bits per heavy atom. The Hall–Kier alpha value is -3.43. The largest absolute Gasteiger partial charge is 0.423 e. The lowest BCUT2D eigenvalue weighted by atomic mass is 9.84. The van der Waals surface area contributed by atoms with Crippen LogP contribution in [0.5, 0.6) is 0 Å². The van der Waals surface area contributed by atoms with Gasteiger partial charge in [-0.15, -0.1) is 0 Å². The Morgan fingerprint density at radius 3 is 1.51 bits per heavy atom. The van der Waals surface area contributed by atoms with Crippen LogP contribution < -0.4 is 21.3 Å². The average Bonchev–Trinajstić information content (AvgIpc) is 4.02. The van der Waals surface area contributed by atoms with Crippen LogP contribution in [-0.4, -0.2) is 195 Å². The zero-order chi connectivity index (χ0) is 51.8. The van der Waals surface area contributed by atoms with Gasteiger partial charge in [0.25, 0.3) is 0 Å². The number of nitrogens with zero attached hydrogens (tertiary/aromatic N) is 6. The fourth-order valence-corrected chi connectivity index (χ4v) is 9.18. The Balaban J connectivity index is 0.000000799. The van der Waals surface area contributed by atoms with Crippen LogP contribution in [-0.2, 0) is 28.8 Å². The smallest absolute Gasteiger partial charge is 0.356 e. The minimum atomic E-state index is 0.0733. The molecule has 0 saturated carbocycles. The zero-order valence-electron chi connectivity index (χ0n) is 46.1. The fourth-order valence-electron chi connectivity index (χ4n) is 9.18. The Morgan fingerprint density at radius 1 is 0.609 bits per heavy atom. The number of amides is 5. The predicted molar refractivity (Wildman–Crippen MR) is 282 cm³/mol. The zero-order valence-corrected chi connectivity index (χ0v) is 46.1. The fraction of sp³-hybridized carbons (Fsp3) is 0.887. The van der Waals surface area contributed by atoms with Crippen LogP contribution in [0.1, 0.15) is 166 Å². The second kappa shape index (κ2) is 42.3. The molecular formula is C53H105N10O6+. The maximum absolute atomic E-state index is 10.9. The average molecular weight is 978 g/mol. The first-order valence-corrected chi connectivity index (χ1v) is 27.3. The first-order chi connectivity index (χ1) is 33.0. The van der Waals surface area contributed by atoms with Crippen LogP contribution in [0.3, 0.4) is 0 Å². The molecule has 5 amide bonds. The lowest BCUT2D eigenvalue weighted by Gasteiger charge is -2.44. The molecule has 0 aromatic carbocycles. The highest BCUT2D eigenvalue weighted by Crippen LogP contribution is 2.27. The van der Waals surface area contributed by atoms with Crippen molar-refractivity contribution in [1.29, 1.82) is 0 Å². The first kappa shape index (κ1) is 65.6. The maximum atomic E-state index is 10.9. The van der Waals surface area contributed by atoms with E-state index in [-0.39, 0.29) is 29.5 Å². The van der Waals surface area contributed by atoms with Gasteiger partial charge in [-0.25, -0.2) is 0 Å². The SMILES string of the molecule is CC(=O)N1CCC(C)CC1.CC(=O)NC1CN2CCC1CC2.CC(=O)NCCN1CCCC1.CC(=O)NCCN1CCCCC1.CCC.CCCC[N+](C)=C=O.CCN1CCCC1CCNC(C)=O. The topological polar surface area (TPSA) is 170 Å². The van der Waals surface area contributed by atoms with Crippen LogP contribution in [0.2, 0.25) is 0 Å². The van der Waals surface area contributed by atoms with Crippen molar-refractivity contribution in [1.82, 2.24) is 45.8 Å². The maximum Gasteiger partial charge on any atom is 0.423 e. The summed E-state index contributed by atoms with van der Waals surface area (Å²) in [6.45, 7) is 36.7. The summed E-state index contributed by atoms with van der Waals surface area (Å²) in [5, 5.41) is 11.5. The van der Waals surface area contributed by atoms with E-state index in [2.05, 4.69) is 75.5 Å². The standard InChI is InChI=1S/C10H20N2O.C9H16N2O.C9H18N2O.C8H16N2O.C8H15NO.C6H12NO.C3H8/c1-3-12-8-4-5-10(12)6-7-11-9(2)13;1-7(12)10-9-6-11-4-2-8(9)3-5-11;1-9(12)10-5-8-11-6-3-2-4-7-11;1-8(11)9-4-7-10-5-2-3-6-10;1-7-3-5-9(6-4-7)8(2)10;1-3-4-5-7(2)6-8;1-3-2/h10H,3-8H2,1-2H3,(H,11,13);8-9H,2-6H2,1H3,(H,10,12);2-8H2,1H3,(H,10,12);2-7H2,1H3,(H,9,11);7H,3-6H2,1-2H3;3-5H2,1-2H3;3H2,1-2H3/q;;;;;+1;. The molecule has 7 aliphatic heterocycles. The second-order valence-electron chi connectivity index (χ2n) is 19.8. The van der Waals surface area contributed by atoms with Gasteiger partial charge in [-0.3, -0.25) is 24.0 Å². The molecular weight excluding hydrogens is 873 g/mol. The molecule has 0 radical (unpaired) electrons. The molecule has 0 aliphatic carbocycles. The number of isocyanates is 1. The number of carbonyl (C=O) groups excluding carboxylic acids is 6. The van der Waals surface area contributed by atoms with E-state index in [0.29, 0.717) is 12.1 Å². The summed E-state index contributed by atoms with van der Waals surface area (Å²) in [4.78, 5) is 74.9. The van der Waals surface area contributed by atoms with E-state index in [1.165, 1.54) is 127 Å². The molecule has 4 N–H and O–H groups in total. The molecule has 0 aromatic rings. The van der Waals surface area contributed by atoms with Crippen LogP contribution in [0, 0.1) is 11.8 Å². The molecule has 7 aliphatic rings. The number of fused-ring (bicyclic) bond motifs is 3. The summed E-state index contributed by atoms with van der Waals surface area (Å²) in [5.41, 5.74) is 0. The van der Waals surface area contributed by atoms with Gasteiger partial charge < -0.3 is 45.8 Å². The van der Waals surface area contributed by atoms with Crippen molar-refractivity contribution in [3.05, 3.63) is 0 Å². The van der Waals surface area contributed by atoms with E-state index in [0.717, 1.165) is 96.5 Å². The van der Waals surface area contributed by atoms with Crippen molar-refractivity contribution in [3.8, 4) is 0 Å². The van der Waals surface area contributed by atoms with Crippen molar-refractivity contribution < 1.29 is 33.3 Å². The molecule has 2 bridgehead atoms. The van der Waals surface area contributed by atoms with Gasteiger partial charge >= 0.3 is 6.08 Å². The van der Waals surface area contributed by atoms with E-state index in [1.54, 1.807) is 47.7 Å². The molecule has 69 heavy (non-hydrogen) atoms. The predicted octanol–water partition coefficient (Wildman–Crippen LogP) is 5.49. The molecule has 0 aromatic heterocycles. The van der Waals surface area contributed by atoms with Gasteiger partial charge in [0, 0.05) is 105 Å². The van der Waals surface area contributed by atoms with Crippen LogP contribution in [0.25, 0.3) is 0 Å². The van der Waals surface area contributed by atoms with Gasteiger partial charge in [-0.05, 0) is 135 Å². The molecule has 16 nitrogen and oxygen atoms in total. The van der Waals surface area contributed by atoms with Gasteiger partial charge in [0.05, 0.1) is 0 Å². The van der Waals surface area contributed by atoms with E-state index in [9.17, 15) is 28.8 Å². The number of likely N-dealkylation sites (tertiary alicyclic amines) is 4. The molecule has 7 rings (SSSR count). The molecule has 7 saturated heterocycles. The van der Waals surface area contributed by atoms with E-state index in [4.69, 9.17) is 0 Å². The number of hydrogen-bond donors (Lipinski definition) is 4. The van der Waals surface area contributed by atoms with Crippen molar-refractivity contribution in [2.75, 3.05) is 118 Å². The van der Waals surface area contributed by atoms with Gasteiger partial charge in [0.1, 0.15) is 7.05 Å². The molecule has 2 unspecified atom stereocenters. The highest BCUT2D eigenvalue weighted by molar-refractivity contribution is 5.74. The van der Waals surface area contributed by atoms with E-state index >= 15 is 0 Å². The summed E-state index contributed by atoms with van der Waals surface area (Å²) in [7, 11) is 1.74. The number of hydrogen-bond acceptors (Lipinski definition) is 10. The summed E-state index contributed by atoms with van der Waals surface area (Å²) < 4.78 is 1.53. The second-order valence-corrected chi connectivity index (χ2v) is 19.8. The molecule has 16 heteroatoms. The minimum absolute atomic E-state index is 0.0733. The van der Waals surface area contributed by atoms with Gasteiger partial charge in [-0.1, -0.05) is 53.9 Å². The molecule has 7 fully saturated rings. The molecule has 402 valence electrons. The Kier molecular flexibility index (Phi) is 40.2. The number of nitrogens with one attached hydrogen (secondary N) is 4. The normalized spacial score (nSPS) is 21.9.